The van der Waals surface area contributed by atoms with E-state index in [1.54, 1.807) is 0 Å². The van der Waals surface area contributed by atoms with E-state index < -0.39 is 5.97 Å². The van der Waals surface area contributed by atoms with Gasteiger partial charge in [-0.15, -0.1) is 0 Å². The van der Waals surface area contributed by atoms with E-state index in [0.717, 1.165) is 42.7 Å². The lowest BCUT2D eigenvalue weighted by atomic mass is 10.1. The van der Waals surface area contributed by atoms with Gasteiger partial charge >= 0.3 is 5.97 Å². The molecule has 0 aromatic heterocycles. The van der Waals surface area contributed by atoms with Crippen molar-refractivity contribution < 1.29 is 9.90 Å². The van der Waals surface area contributed by atoms with Gasteiger partial charge in [0.2, 0.25) is 0 Å². The SMILES string of the molecule is Cc1cc(NCCCCCC(=O)O)ccc1N. The zero-order chi connectivity index (χ0) is 12.7. The van der Waals surface area contributed by atoms with Crippen LogP contribution >= 0.6 is 0 Å². The number of unbranched alkanes of at least 4 members (excludes halogenated alkanes) is 2. The highest BCUT2D eigenvalue weighted by Crippen LogP contribution is 2.16. The molecule has 4 N–H and O–H groups in total. The molecular formula is C13H20N2O2. The third-order valence-corrected chi connectivity index (χ3v) is 2.67. The van der Waals surface area contributed by atoms with Gasteiger partial charge in [0.05, 0.1) is 0 Å². The molecule has 17 heavy (non-hydrogen) atoms. The van der Waals surface area contributed by atoms with Crippen molar-refractivity contribution in [3.8, 4) is 0 Å². The molecule has 0 saturated heterocycles. The predicted molar refractivity (Wildman–Crippen MR) is 70.2 cm³/mol. The lowest BCUT2D eigenvalue weighted by Crippen LogP contribution is -2.03. The van der Waals surface area contributed by atoms with Crippen LogP contribution in [0.5, 0.6) is 0 Å². The number of carboxylic acids is 1. The number of carbonyl (C=O) groups is 1. The normalized spacial score (nSPS) is 10.2. The second kappa shape index (κ2) is 6.78. The third kappa shape index (κ3) is 5.24. The van der Waals surface area contributed by atoms with Crippen LogP contribution in [0.15, 0.2) is 18.2 Å². The lowest BCUT2D eigenvalue weighted by Gasteiger charge is -2.08. The number of aryl methyl sites for hydroxylation is 1. The van der Waals surface area contributed by atoms with Crippen LogP contribution in [0.25, 0.3) is 0 Å². The summed E-state index contributed by atoms with van der Waals surface area (Å²) in [6.45, 7) is 2.84. The Morgan fingerprint density at radius 2 is 2.12 bits per heavy atom. The van der Waals surface area contributed by atoms with Crippen molar-refractivity contribution in [3.05, 3.63) is 23.8 Å². The molecule has 0 spiro atoms. The van der Waals surface area contributed by atoms with Gasteiger partial charge in [-0.2, -0.15) is 0 Å². The molecule has 94 valence electrons. The van der Waals surface area contributed by atoms with Gasteiger partial charge in [-0.1, -0.05) is 6.42 Å². The molecule has 1 aromatic carbocycles. The summed E-state index contributed by atoms with van der Waals surface area (Å²) in [5, 5.41) is 11.8. The van der Waals surface area contributed by atoms with Crippen molar-refractivity contribution >= 4 is 17.3 Å². The van der Waals surface area contributed by atoms with Crippen molar-refractivity contribution in [1.29, 1.82) is 0 Å². The number of nitrogens with one attached hydrogen (secondary N) is 1. The number of rotatable bonds is 7. The lowest BCUT2D eigenvalue weighted by molar-refractivity contribution is -0.137. The van der Waals surface area contributed by atoms with Gasteiger partial charge < -0.3 is 16.2 Å². The van der Waals surface area contributed by atoms with E-state index in [4.69, 9.17) is 10.8 Å². The number of nitrogens with two attached hydrogens (primary N) is 1. The van der Waals surface area contributed by atoms with E-state index in [1.807, 2.05) is 25.1 Å². The summed E-state index contributed by atoms with van der Waals surface area (Å²) in [7, 11) is 0. The molecule has 1 rings (SSSR count). The monoisotopic (exact) mass is 236 g/mol. The van der Waals surface area contributed by atoms with Gasteiger partial charge in [0.25, 0.3) is 0 Å². The number of carboxylic acid groups (broad SMARTS) is 1. The van der Waals surface area contributed by atoms with Crippen molar-refractivity contribution in [1.82, 2.24) is 0 Å². The summed E-state index contributed by atoms with van der Waals surface area (Å²) in [5.74, 6) is -0.716. The minimum Gasteiger partial charge on any atom is -0.481 e. The maximum atomic E-state index is 10.3. The van der Waals surface area contributed by atoms with E-state index in [0.29, 0.717) is 0 Å². The van der Waals surface area contributed by atoms with Crippen LogP contribution in [0.3, 0.4) is 0 Å². The molecule has 0 bridgehead atoms. The van der Waals surface area contributed by atoms with Crippen molar-refractivity contribution in [2.75, 3.05) is 17.6 Å². The maximum absolute atomic E-state index is 10.3. The summed E-state index contributed by atoms with van der Waals surface area (Å²) in [5.41, 5.74) is 8.67. The highest BCUT2D eigenvalue weighted by atomic mass is 16.4. The second-order valence-corrected chi connectivity index (χ2v) is 4.20. The van der Waals surface area contributed by atoms with Gasteiger partial charge in [0.15, 0.2) is 0 Å². The van der Waals surface area contributed by atoms with Crippen LogP contribution in [0.2, 0.25) is 0 Å². The van der Waals surface area contributed by atoms with Crippen LogP contribution in [0.4, 0.5) is 11.4 Å². The minimum absolute atomic E-state index is 0.265. The minimum atomic E-state index is -0.716. The summed E-state index contributed by atoms with van der Waals surface area (Å²) >= 11 is 0. The fraction of sp³-hybridized carbons (Fsp3) is 0.462. The summed E-state index contributed by atoms with van der Waals surface area (Å²) in [6.07, 6.45) is 2.93. The van der Waals surface area contributed by atoms with Gasteiger partial charge in [0, 0.05) is 24.3 Å². The Balaban J connectivity index is 2.18. The molecule has 0 aliphatic rings. The first-order valence-corrected chi connectivity index (χ1v) is 5.91. The largest absolute Gasteiger partial charge is 0.481 e. The van der Waals surface area contributed by atoms with Crippen LogP contribution in [0, 0.1) is 6.92 Å². The standard InChI is InChI=1S/C13H20N2O2/c1-10-9-11(6-7-12(10)14)15-8-4-2-3-5-13(16)17/h6-7,9,15H,2-5,8,14H2,1H3,(H,16,17). The smallest absolute Gasteiger partial charge is 0.303 e. The molecule has 1 aromatic rings. The number of anilines is 2. The molecule has 0 aliphatic carbocycles. The van der Waals surface area contributed by atoms with Crippen molar-refractivity contribution in [2.24, 2.45) is 0 Å². The Kier molecular flexibility index (Phi) is 5.33. The molecule has 4 nitrogen and oxygen atoms in total. The van der Waals surface area contributed by atoms with Crippen molar-refractivity contribution in [2.45, 2.75) is 32.6 Å². The number of hydrogen-bond donors (Lipinski definition) is 3. The number of nitrogen functional groups attached to an aromatic ring is 1. The first-order valence-electron chi connectivity index (χ1n) is 5.91. The average molecular weight is 236 g/mol. The van der Waals surface area contributed by atoms with Crippen LogP contribution in [0.1, 0.15) is 31.2 Å². The average Bonchev–Trinajstić information content (AvgIpc) is 2.27. The van der Waals surface area contributed by atoms with E-state index >= 15 is 0 Å². The molecule has 0 atom stereocenters. The van der Waals surface area contributed by atoms with E-state index in [-0.39, 0.29) is 6.42 Å². The predicted octanol–water partition coefficient (Wildman–Crippen LogP) is 2.63. The Hall–Kier alpha value is -1.71. The van der Waals surface area contributed by atoms with E-state index in [2.05, 4.69) is 5.32 Å². The number of benzene rings is 1. The maximum Gasteiger partial charge on any atom is 0.303 e. The van der Waals surface area contributed by atoms with Gasteiger partial charge in [-0.25, -0.2) is 0 Å². The second-order valence-electron chi connectivity index (χ2n) is 4.20. The van der Waals surface area contributed by atoms with Gasteiger partial charge in [-0.3, -0.25) is 4.79 Å². The highest BCUT2D eigenvalue weighted by Gasteiger charge is 1.98. The zero-order valence-corrected chi connectivity index (χ0v) is 10.2. The molecule has 0 unspecified atom stereocenters. The molecule has 0 amide bonds. The number of aliphatic carboxylic acids is 1. The molecule has 0 aliphatic heterocycles. The van der Waals surface area contributed by atoms with E-state index in [1.165, 1.54) is 0 Å². The summed E-state index contributed by atoms with van der Waals surface area (Å²) in [4.78, 5) is 10.3. The van der Waals surface area contributed by atoms with Crippen LogP contribution in [-0.2, 0) is 4.79 Å². The quantitative estimate of drug-likeness (QED) is 0.502. The number of hydrogen-bond acceptors (Lipinski definition) is 3. The third-order valence-electron chi connectivity index (χ3n) is 2.67. The Labute approximate surface area is 102 Å². The van der Waals surface area contributed by atoms with Gasteiger partial charge in [0.1, 0.15) is 0 Å². The highest BCUT2D eigenvalue weighted by molar-refractivity contribution is 5.66. The molecular weight excluding hydrogens is 216 g/mol. The molecule has 0 saturated carbocycles. The Morgan fingerprint density at radius 1 is 1.35 bits per heavy atom. The molecule has 0 radical (unpaired) electrons. The van der Waals surface area contributed by atoms with Crippen LogP contribution in [-0.4, -0.2) is 17.6 Å². The van der Waals surface area contributed by atoms with Gasteiger partial charge in [-0.05, 0) is 43.5 Å². The molecule has 0 heterocycles. The van der Waals surface area contributed by atoms with Crippen LogP contribution < -0.4 is 11.1 Å². The van der Waals surface area contributed by atoms with E-state index in [9.17, 15) is 4.79 Å². The Morgan fingerprint density at radius 3 is 2.76 bits per heavy atom. The Bertz CT molecular complexity index is 378. The molecule has 4 heteroatoms. The fourth-order valence-electron chi connectivity index (χ4n) is 1.60. The first-order chi connectivity index (χ1) is 8.09. The molecule has 0 fully saturated rings. The van der Waals surface area contributed by atoms with Crippen molar-refractivity contribution in [3.63, 3.8) is 0 Å². The summed E-state index contributed by atoms with van der Waals surface area (Å²) < 4.78 is 0. The zero-order valence-electron chi connectivity index (χ0n) is 10.2. The summed E-state index contributed by atoms with van der Waals surface area (Å²) in [6, 6.07) is 5.87. The first kappa shape index (κ1) is 13.4. The topological polar surface area (TPSA) is 75.3 Å². The fourth-order valence-corrected chi connectivity index (χ4v) is 1.60.